The lowest BCUT2D eigenvalue weighted by Gasteiger charge is -2.12. The third kappa shape index (κ3) is 3.89. The molecule has 2 aliphatic carbocycles. The second kappa shape index (κ2) is 7.94. The van der Waals surface area contributed by atoms with Crippen LogP contribution in [-0.2, 0) is 28.9 Å². The van der Waals surface area contributed by atoms with Crippen molar-refractivity contribution in [2.75, 3.05) is 0 Å². The second-order valence-corrected chi connectivity index (χ2v) is 8.49. The van der Waals surface area contributed by atoms with Gasteiger partial charge in [-0.15, -0.1) is 0 Å². The van der Waals surface area contributed by atoms with Crippen molar-refractivity contribution in [2.24, 2.45) is 17.8 Å². The standard InChI is InChI=1S/C27H28O2/c1-4-19(26(28)5-2)11-17-7-9-23-20(12-17)15-21-13-18(8-10-24(21)23)14-22-16-25(22)27(29)6-3/h5-10,12-13,19,22,25H,2-4,11,14-16H2,1H3. The zero-order valence-electron chi connectivity index (χ0n) is 17.1. The van der Waals surface area contributed by atoms with Gasteiger partial charge in [-0.25, -0.2) is 0 Å². The van der Waals surface area contributed by atoms with Crippen molar-refractivity contribution in [3.8, 4) is 11.1 Å². The molecule has 0 amide bonds. The Morgan fingerprint density at radius 2 is 1.69 bits per heavy atom. The zero-order valence-corrected chi connectivity index (χ0v) is 17.1. The Morgan fingerprint density at radius 3 is 2.31 bits per heavy atom. The van der Waals surface area contributed by atoms with Crippen molar-refractivity contribution in [2.45, 2.75) is 39.0 Å². The van der Waals surface area contributed by atoms with Crippen LogP contribution in [0.25, 0.3) is 11.1 Å². The van der Waals surface area contributed by atoms with Gasteiger partial charge in [-0.05, 0) is 83.6 Å². The Kier molecular flexibility index (Phi) is 5.36. The number of benzene rings is 2. The monoisotopic (exact) mass is 384 g/mol. The van der Waals surface area contributed by atoms with E-state index >= 15 is 0 Å². The average Bonchev–Trinajstić information content (AvgIpc) is 3.41. The van der Waals surface area contributed by atoms with Crippen LogP contribution in [-0.4, -0.2) is 11.6 Å². The van der Waals surface area contributed by atoms with Crippen LogP contribution < -0.4 is 0 Å². The van der Waals surface area contributed by atoms with Gasteiger partial charge < -0.3 is 0 Å². The first-order valence-electron chi connectivity index (χ1n) is 10.6. The molecule has 2 heteroatoms. The van der Waals surface area contributed by atoms with E-state index in [0.717, 1.165) is 32.1 Å². The minimum Gasteiger partial charge on any atom is -0.295 e. The second-order valence-electron chi connectivity index (χ2n) is 8.49. The molecule has 0 aromatic heterocycles. The number of carbonyl (C=O) groups is 2. The Bertz CT molecular complexity index is 998. The van der Waals surface area contributed by atoms with E-state index in [2.05, 4.69) is 56.5 Å². The van der Waals surface area contributed by atoms with Gasteiger partial charge >= 0.3 is 0 Å². The highest BCUT2D eigenvalue weighted by Gasteiger charge is 2.41. The minimum atomic E-state index is 0.0192. The first-order valence-corrected chi connectivity index (χ1v) is 10.6. The molecule has 2 aromatic rings. The van der Waals surface area contributed by atoms with Crippen LogP contribution >= 0.6 is 0 Å². The van der Waals surface area contributed by atoms with E-state index in [9.17, 15) is 9.59 Å². The van der Waals surface area contributed by atoms with E-state index in [0.29, 0.717) is 5.92 Å². The summed E-state index contributed by atoms with van der Waals surface area (Å²) in [5.41, 5.74) is 7.90. The lowest BCUT2D eigenvalue weighted by atomic mass is 9.91. The van der Waals surface area contributed by atoms with Gasteiger partial charge in [-0.3, -0.25) is 9.59 Å². The normalized spacial score (nSPS) is 19.8. The Hall–Kier alpha value is -2.74. The van der Waals surface area contributed by atoms with E-state index < -0.39 is 0 Å². The molecular weight excluding hydrogens is 356 g/mol. The first kappa shape index (κ1) is 19.6. The fourth-order valence-corrected chi connectivity index (χ4v) is 4.74. The van der Waals surface area contributed by atoms with Gasteiger partial charge in [0.15, 0.2) is 11.6 Å². The molecule has 2 aliphatic rings. The molecule has 2 nitrogen and oxygen atoms in total. The molecule has 3 atom stereocenters. The lowest BCUT2D eigenvalue weighted by molar-refractivity contribution is -0.118. The van der Waals surface area contributed by atoms with Crippen molar-refractivity contribution >= 4 is 11.6 Å². The number of carbonyl (C=O) groups excluding carboxylic acids is 2. The van der Waals surface area contributed by atoms with Gasteiger partial charge in [-0.2, -0.15) is 0 Å². The van der Waals surface area contributed by atoms with Crippen molar-refractivity contribution in [1.82, 2.24) is 0 Å². The largest absolute Gasteiger partial charge is 0.295 e. The molecule has 0 spiro atoms. The molecule has 0 bridgehead atoms. The molecule has 0 N–H and O–H groups in total. The molecule has 29 heavy (non-hydrogen) atoms. The number of fused-ring (bicyclic) bond motifs is 3. The smallest absolute Gasteiger partial charge is 0.158 e. The number of ketones is 2. The number of allylic oxidation sites excluding steroid dienone is 2. The Labute approximate surface area is 173 Å². The van der Waals surface area contributed by atoms with E-state index in [4.69, 9.17) is 0 Å². The summed E-state index contributed by atoms with van der Waals surface area (Å²) >= 11 is 0. The van der Waals surface area contributed by atoms with Crippen molar-refractivity contribution in [3.63, 3.8) is 0 Å². The lowest BCUT2D eigenvalue weighted by Crippen LogP contribution is -2.13. The van der Waals surface area contributed by atoms with E-state index in [1.807, 2.05) is 0 Å². The molecule has 2 aromatic carbocycles. The summed E-state index contributed by atoms with van der Waals surface area (Å²) in [5, 5.41) is 0. The molecule has 1 fully saturated rings. The highest BCUT2D eigenvalue weighted by Crippen LogP contribution is 2.43. The highest BCUT2D eigenvalue weighted by molar-refractivity contribution is 5.93. The predicted molar refractivity (Wildman–Crippen MR) is 118 cm³/mol. The molecule has 148 valence electrons. The highest BCUT2D eigenvalue weighted by atomic mass is 16.1. The SMILES string of the molecule is C=CC(=O)C(CC)Cc1ccc2c(c1)Cc1cc(CC3CC3C(=O)C=C)ccc1-2. The summed E-state index contributed by atoms with van der Waals surface area (Å²) < 4.78 is 0. The third-order valence-corrected chi connectivity index (χ3v) is 6.58. The van der Waals surface area contributed by atoms with Crippen LogP contribution in [0.1, 0.15) is 42.0 Å². The summed E-state index contributed by atoms with van der Waals surface area (Å²) in [5.74, 6) is 1.00. The maximum Gasteiger partial charge on any atom is 0.158 e. The van der Waals surface area contributed by atoms with Gasteiger partial charge in [0.1, 0.15) is 0 Å². The molecule has 0 radical (unpaired) electrons. The van der Waals surface area contributed by atoms with E-state index in [1.165, 1.54) is 45.5 Å². The molecule has 0 saturated heterocycles. The van der Waals surface area contributed by atoms with Crippen LogP contribution in [0.4, 0.5) is 0 Å². The van der Waals surface area contributed by atoms with Gasteiger partial charge in [0.2, 0.25) is 0 Å². The topological polar surface area (TPSA) is 34.1 Å². The van der Waals surface area contributed by atoms with Gasteiger partial charge in [-0.1, -0.05) is 56.5 Å². The summed E-state index contributed by atoms with van der Waals surface area (Å²) in [6, 6.07) is 13.4. The fraction of sp³-hybridized carbons (Fsp3) is 0.333. The van der Waals surface area contributed by atoms with Crippen molar-refractivity contribution < 1.29 is 9.59 Å². The van der Waals surface area contributed by atoms with Crippen LogP contribution in [0.15, 0.2) is 61.7 Å². The predicted octanol–water partition coefficient (Wildman–Crippen LogP) is 5.52. The van der Waals surface area contributed by atoms with Gasteiger partial charge in [0.25, 0.3) is 0 Å². The quantitative estimate of drug-likeness (QED) is 0.456. The van der Waals surface area contributed by atoms with Crippen LogP contribution in [0, 0.1) is 17.8 Å². The molecule has 0 aliphatic heterocycles. The number of hydrogen-bond donors (Lipinski definition) is 0. The van der Waals surface area contributed by atoms with Crippen LogP contribution in [0.3, 0.4) is 0 Å². The number of hydrogen-bond acceptors (Lipinski definition) is 2. The summed E-state index contributed by atoms with van der Waals surface area (Å²) in [6.07, 6.45) is 7.44. The minimum absolute atomic E-state index is 0.0192. The molecule has 3 unspecified atom stereocenters. The van der Waals surface area contributed by atoms with Gasteiger partial charge in [0, 0.05) is 11.8 Å². The summed E-state index contributed by atoms with van der Waals surface area (Å²) in [4.78, 5) is 23.8. The van der Waals surface area contributed by atoms with Crippen LogP contribution in [0.5, 0.6) is 0 Å². The first-order chi connectivity index (χ1) is 14.0. The molecule has 4 rings (SSSR count). The Morgan fingerprint density at radius 1 is 1.03 bits per heavy atom. The van der Waals surface area contributed by atoms with E-state index in [1.54, 1.807) is 0 Å². The Balaban J connectivity index is 1.48. The zero-order chi connectivity index (χ0) is 20.5. The molecular formula is C27H28O2. The molecule has 1 saturated carbocycles. The third-order valence-electron chi connectivity index (χ3n) is 6.58. The maximum absolute atomic E-state index is 12.0. The van der Waals surface area contributed by atoms with Crippen LogP contribution in [0.2, 0.25) is 0 Å². The summed E-state index contributed by atoms with van der Waals surface area (Å²) in [7, 11) is 0. The van der Waals surface area contributed by atoms with E-state index in [-0.39, 0.29) is 23.4 Å². The fourth-order valence-electron chi connectivity index (χ4n) is 4.74. The average molecular weight is 385 g/mol. The van der Waals surface area contributed by atoms with Crippen molar-refractivity contribution in [3.05, 3.63) is 84.0 Å². The molecule has 0 heterocycles. The maximum atomic E-state index is 12.0. The number of rotatable bonds is 9. The van der Waals surface area contributed by atoms with Crippen molar-refractivity contribution in [1.29, 1.82) is 0 Å². The summed E-state index contributed by atoms with van der Waals surface area (Å²) in [6.45, 7) is 9.30. The van der Waals surface area contributed by atoms with Gasteiger partial charge in [0.05, 0.1) is 0 Å².